The van der Waals surface area contributed by atoms with Crippen molar-refractivity contribution in [2.45, 2.75) is 40.5 Å². The van der Waals surface area contributed by atoms with E-state index in [1.165, 1.54) is 0 Å². The molecule has 0 bridgehead atoms. The summed E-state index contributed by atoms with van der Waals surface area (Å²) in [6.45, 7) is 9.47. The van der Waals surface area contributed by atoms with E-state index in [1.54, 1.807) is 13.8 Å². The number of ether oxygens (including phenoxy) is 1. The Labute approximate surface area is 126 Å². The molecule has 0 radical (unpaired) electrons. The molecule has 0 saturated carbocycles. The van der Waals surface area contributed by atoms with Gasteiger partial charge in [-0.3, -0.25) is 20.4 Å². The molecule has 0 saturated heterocycles. The van der Waals surface area contributed by atoms with Crippen molar-refractivity contribution in [3.63, 3.8) is 0 Å². The Bertz CT molecular complexity index is 510. The molecule has 5 nitrogen and oxygen atoms in total. The van der Waals surface area contributed by atoms with Crippen molar-refractivity contribution in [1.82, 2.24) is 10.9 Å². The first kappa shape index (κ1) is 17.0. The van der Waals surface area contributed by atoms with Gasteiger partial charge in [0.25, 0.3) is 5.91 Å². The van der Waals surface area contributed by atoms with Crippen LogP contribution in [0.1, 0.15) is 44.7 Å². The molecule has 0 spiro atoms. The summed E-state index contributed by atoms with van der Waals surface area (Å²) in [6.07, 6.45) is 0. The molecule has 1 aromatic carbocycles. The molecule has 0 heterocycles. The van der Waals surface area contributed by atoms with E-state index in [1.807, 2.05) is 25.1 Å². The maximum absolute atomic E-state index is 11.7. The van der Waals surface area contributed by atoms with Crippen LogP contribution in [0.5, 0.6) is 5.75 Å². The van der Waals surface area contributed by atoms with Crippen molar-refractivity contribution >= 4 is 11.8 Å². The number of carbonyl (C=O) groups excluding carboxylic acids is 2. The maximum Gasteiger partial charge on any atom is 0.276 e. The predicted octanol–water partition coefficient (Wildman–Crippen LogP) is 2.30. The number of benzene rings is 1. The quantitative estimate of drug-likeness (QED) is 0.818. The maximum atomic E-state index is 11.7. The topological polar surface area (TPSA) is 67.4 Å². The van der Waals surface area contributed by atoms with Gasteiger partial charge in [-0.15, -0.1) is 0 Å². The summed E-state index contributed by atoms with van der Waals surface area (Å²) >= 11 is 0. The SMILES string of the molecule is Cc1ccc(C(C)C)c(OCC(=O)NNC(=O)C(C)C)c1. The molecule has 0 aliphatic rings. The van der Waals surface area contributed by atoms with Crippen LogP contribution in [-0.4, -0.2) is 18.4 Å². The van der Waals surface area contributed by atoms with Crippen molar-refractivity contribution in [2.75, 3.05) is 6.61 Å². The van der Waals surface area contributed by atoms with Gasteiger partial charge in [-0.25, -0.2) is 0 Å². The number of hydrogen-bond acceptors (Lipinski definition) is 3. The van der Waals surface area contributed by atoms with Crippen LogP contribution in [0.25, 0.3) is 0 Å². The summed E-state index contributed by atoms with van der Waals surface area (Å²) in [6, 6.07) is 5.94. The van der Waals surface area contributed by atoms with Crippen LogP contribution in [0, 0.1) is 12.8 Å². The number of hydrogen-bond donors (Lipinski definition) is 2. The molecule has 0 aliphatic heterocycles. The zero-order valence-corrected chi connectivity index (χ0v) is 13.3. The first-order valence-corrected chi connectivity index (χ1v) is 7.13. The highest BCUT2D eigenvalue weighted by Gasteiger charge is 2.11. The van der Waals surface area contributed by atoms with Crippen molar-refractivity contribution in [1.29, 1.82) is 0 Å². The summed E-state index contributed by atoms with van der Waals surface area (Å²) < 4.78 is 5.57. The fourth-order valence-electron chi connectivity index (χ4n) is 1.70. The van der Waals surface area contributed by atoms with E-state index in [0.29, 0.717) is 11.7 Å². The largest absolute Gasteiger partial charge is 0.483 e. The zero-order chi connectivity index (χ0) is 16.0. The standard InChI is InChI=1S/C16H24N2O3/c1-10(2)13-7-6-12(5)8-14(13)21-9-15(19)17-18-16(20)11(3)4/h6-8,10-11H,9H2,1-5H3,(H,17,19)(H,18,20). The minimum atomic E-state index is -0.389. The fraction of sp³-hybridized carbons (Fsp3) is 0.500. The Morgan fingerprint density at radius 3 is 2.38 bits per heavy atom. The number of aryl methyl sites for hydroxylation is 1. The second kappa shape index (κ2) is 7.67. The lowest BCUT2D eigenvalue weighted by Crippen LogP contribution is -2.45. The molecule has 21 heavy (non-hydrogen) atoms. The first-order valence-electron chi connectivity index (χ1n) is 7.13. The van der Waals surface area contributed by atoms with Crippen LogP contribution in [-0.2, 0) is 9.59 Å². The Morgan fingerprint density at radius 2 is 1.81 bits per heavy atom. The van der Waals surface area contributed by atoms with E-state index in [9.17, 15) is 9.59 Å². The smallest absolute Gasteiger partial charge is 0.276 e. The summed E-state index contributed by atoms with van der Waals surface area (Å²) in [5.74, 6) is 0.206. The minimum absolute atomic E-state index is 0.137. The van der Waals surface area contributed by atoms with Gasteiger partial charge >= 0.3 is 0 Å². The van der Waals surface area contributed by atoms with Crippen molar-refractivity contribution in [3.05, 3.63) is 29.3 Å². The van der Waals surface area contributed by atoms with Crippen molar-refractivity contribution in [2.24, 2.45) is 5.92 Å². The van der Waals surface area contributed by atoms with Gasteiger partial charge < -0.3 is 4.74 Å². The third-order valence-electron chi connectivity index (χ3n) is 3.00. The number of carbonyl (C=O) groups is 2. The van der Waals surface area contributed by atoms with Gasteiger partial charge in [0.15, 0.2) is 6.61 Å². The number of amides is 2. The monoisotopic (exact) mass is 292 g/mol. The normalized spacial score (nSPS) is 10.6. The Morgan fingerprint density at radius 1 is 1.14 bits per heavy atom. The summed E-state index contributed by atoms with van der Waals surface area (Å²) in [7, 11) is 0. The molecule has 1 aromatic rings. The fourth-order valence-corrected chi connectivity index (χ4v) is 1.70. The second-order valence-electron chi connectivity index (χ2n) is 5.68. The Hall–Kier alpha value is -2.04. The molecule has 0 unspecified atom stereocenters. The van der Waals surface area contributed by atoms with Gasteiger partial charge in [-0.1, -0.05) is 39.8 Å². The van der Waals surface area contributed by atoms with E-state index in [-0.39, 0.29) is 24.3 Å². The number of hydrazine groups is 1. The molecule has 0 atom stereocenters. The molecule has 116 valence electrons. The minimum Gasteiger partial charge on any atom is -0.483 e. The molecular formula is C16H24N2O3. The summed E-state index contributed by atoms with van der Waals surface area (Å²) in [4.78, 5) is 23.0. The van der Waals surface area contributed by atoms with Gasteiger partial charge in [0, 0.05) is 5.92 Å². The molecule has 5 heteroatoms. The lowest BCUT2D eigenvalue weighted by molar-refractivity contribution is -0.131. The van der Waals surface area contributed by atoms with Gasteiger partial charge in [-0.2, -0.15) is 0 Å². The predicted molar refractivity (Wildman–Crippen MR) is 81.9 cm³/mol. The highest BCUT2D eigenvalue weighted by atomic mass is 16.5. The van der Waals surface area contributed by atoms with Crippen LogP contribution in [0.2, 0.25) is 0 Å². The number of nitrogens with one attached hydrogen (secondary N) is 2. The van der Waals surface area contributed by atoms with Crippen LogP contribution in [0.4, 0.5) is 0 Å². The molecular weight excluding hydrogens is 268 g/mol. The van der Waals surface area contributed by atoms with Gasteiger partial charge in [-0.05, 0) is 30.0 Å². The first-order chi connectivity index (χ1) is 9.81. The van der Waals surface area contributed by atoms with E-state index < -0.39 is 0 Å². The van der Waals surface area contributed by atoms with Crippen LogP contribution in [0.3, 0.4) is 0 Å². The third-order valence-corrected chi connectivity index (χ3v) is 3.00. The summed E-state index contributed by atoms with van der Waals surface area (Å²) in [5, 5.41) is 0. The van der Waals surface area contributed by atoms with E-state index >= 15 is 0 Å². The van der Waals surface area contributed by atoms with Crippen molar-refractivity contribution < 1.29 is 14.3 Å². The lowest BCUT2D eigenvalue weighted by atomic mass is 10.0. The third kappa shape index (κ3) is 5.45. The van der Waals surface area contributed by atoms with Crippen LogP contribution in [0.15, 0.2) is 18.2 Å². The second-order valence-corrected chi connectivity index (χ2v) is 5.68. The molecule has 1 rings (SSSR count). The van der Waals surface area contributed by atoms with Gasteiger partial charge in [0.2, 0.25) is 5.91 Å². The van der Waals surface area contributed by atoms with Gasteiger partial charge in [0.1, 0.15) is 5.75 Å². The highest BCUT2D eigenvalue weighted by molar-refractivity contribution is 5.83. The van der Waals surface area contributed by atoms with Gasteiger partial charge in [0.05, 0.1) is 0 Å². The Balaban J connectivity index is 2.57. The lowest BCUT2D eigenvalue weighted by Gasteiger charge is -2.15. The summed E-state index contributed by atoms with van der Waals surface area (Å²) in [5.41, 5.74) is 6.81. The van der Waals surface area contributed by atoms with Crippen LogP contribution < -0.4 is 15.6 Å². The molecule has 0 fully saturated rings. The van der Waals surface area contributed by atoms with E-state index in [2.05, 4.69) is 24.7 Å². The molecule has 2 N–H and O–H groups in total. The average Bonchev–Trinajstić information content (AvgIpc) is 2.41. The van der Waals surface area contributed by atoms with E-state index in [4.69, 9.17) is 4.74 Å². The highest BCUT2D eigenvalue weighted by Crippen LogP contribution is 2.27. The van der Waals surface area contributed by atoms with Crippen LogP contribution >= 0.6 is 0 Å². The average molecular weight is 292 g/mol. The number of rotatable bonds is 5. The molecule has 2 amide bonds. The zero-order valence-electron chi connectivity index (χ0n) is 13.3. The van der Waals surface area contributed by atoms with E-state index in [0.717, 1.165) is 11.1 Å². The molecule has 0 aliphatic carbocycles. The Kier molecular flexibility index (Phi) is 6.21. The molecule has 0 aromatic heterocycles. The van der Waals surface area contributed by atoms with Crippen molar-refractivity contribution in [3.8, 4) is 5.75 Å².